The van der Waals surface area contributed by atoms with Crippen LogP contribution >= 0.6 is 0 Å². The maximum atomic E-state index is 12.5. The normalized spacial score (nSPS) is 32.0. The summed E-state index contributed by atoms with van der Waals surface area (Å²) in [6.07, 6.45) is 7.63. The van der Waals surface area contributed by atoms with Crippen molar-refractivity contribution in [2.45, 2.75) is 50.6 Å². The predicted octanol–water partition coefficient (Wildman–Crippen LogP) is 3.34. The summed E-state index contributed by atoms with van der Waals surface area (Å²) in [5, 5.41) is 6.32. The van der Waals surface area contributed by atoms with Crippen molar-refractivity contribution in [3.05, 3.63) is 24.0 Å². The number of hydrogen-bond donors (Lipinski definition) is 3. The van der Waals surface area contributed by atoms with Crippen LogP contribution in [-0.2, 0) is 6.54 Å². The van der Waals surface area contributed by atoms with Gasteiger partial charge in [-0.1, -0.05) is 0 Å². The zero-order valence-electron chi connectivity index (χ0n) is 15.2. The second-order valence-corrected chi connectivity index (χ2v) is 8.57. The highest BCUT2D eigenvalue weighted by Crippen LogP contribution is 2.55. The first kappa shape index (κ1) is 16.0. The summed E-state index contributed by atoms with van der Waals surface area (Å²) in [5.74, 6) is 4.03. The van der Waals surface area contributed by atoms with Gasteiger partial charge in [-0.2, -0.15) is 0 Å². The van der Waals surface area contributed by atoms with Gasteiger partial charge in [0.2, 0.25) is 0 Å². The molecule has 6 heteroatoms. The molecule has 4 bridgehead atoms. The Morgan fingerprint density at radius 1 is 1.23 bits per heavy atom. The largest absolute Gasteiger partial charge is 0.497 e. The Labute approximate surface area is 153 Å². The van der Waals surface area contributed by atoms with E-state index in [9.17, 15) is 4.79 Å². The highest BCUT2D eigenvalue weighted by Gasteiger charge is 2.51. The topological polar surface area (TPSA) is 79.0 Å². The van der Waals surface area contributed by atoms with Gasteiger partial charge >= 0.3 is 6.03 Å². The number of benzene rings is 1. The van der Waals surface area contributed by atoms with Crippen LogP contribution < -0.4 is 15.4 Å². The second kappa shape index (κ2) is 5.89. The van der Waals surface area contributed by atoms with Crippen LogP contribution in [0.15, 0.2) is 18.2 Å². The molecule has 4 aliphatic carbocycles. The average molecular weight is 354 g/mol. The van der Waals surface area contributed by atoms with E-state index in [2.05, 4.69) is 20.6 Å². The fourth-order valence-corrected chi connectivity index (χ4v) is 5.97. The van der Waals surface area contributed by atoms with E-state index < -0.39 is 0 Å². The first-order valence-electron chi connectivity index (χ1n) is 9.69. The van der Waals surface area contributed by atoms with Crippen LogP contribution in [0, 0.1) is 17.8 Å². The third-order valence-electron chi connectivity index (χ3n) is 6.57. The maximum Gasteiger partial charge on any atom is 0.315 e. The van der Waals surface area contributed by atoms with Crippen LogP contribution in [0.3, 0.4) is 0 Å². The van der Waals surface area contributed by atoms with Gasteiger partial charge in [-0.3, -0.25) is 0 Å². The SMILES string of the molecule is COc1ccc2nc(CNC(=O)NC34CC5CC(CC(C5)C3)C4)[nH]c2c1. The number of aromatic amines is 1. The number of nitrogens with one attached hydrogen (secondary N) is 3. The summed E-state index contributed by atoms with van der Waals surface area (Å²) in [4.78, 5) is 20.3. The quantitative estimate of drug-likeness (QED) is 0.788. The highest BCUT2D eigenvalue weighted by atomic mass is 16.5. The first-order chi connectivity index (χ1) is 12.6. The van der Waals surface area contributed by atoms with Crippen molar-refractivity contribution >= 4 is 17.1 Å². The lowest BCUT2D eigenvalue weighted by molar-refractivity contribution is -0.0135. The van der Waals surface area contributed by atoms with Crippen molar-refractivity contribution in [1.82, 2.24) is 20.6 Å². The third kappa shape index (κ3) is 2.81. The summed E-state index contributed by atoms with van der Waals surface area (Å²) in [6, 6.07) is 5.66. The van der Waals surface area contributed by atoms with Gasteiger partial charge in [0.1, 0.15) is 11.6 Å². The fraction of sp³-hybridized carbons (Fsp3) is 0.600. The number of ether oxygens (including phenoxy) is 1. The monoisotopic (exact) mass is 354 g/mol. The molecule has 0 aliphatic heterocycles. The first-order valence-corrected chi connectivity index (χ1v) is 9.69. The summed E-state index contributed by atoms with van der Waals surface area (Å²) in [7, 11) is 1.65. The number of carbonyl (C=O) groups excluding carboxylic acids is 1. The molecule has 3 N–H and O–H groups in total. The summed E-state index contributed by atoms with van der Waals surface area (Å²) in [5.41, 5.74) is 1.84. The van der Waals surface area contributed by atoms with Crippen molar-refractivity contribution in [1.29, 1.82) is 0 Å². The third-order valence-corrected chi connectivity index (χ3v) is 6.57. The number of aromatic nitrogens is 2. The Balaban J connectivity index is 1.22. The van der Waals surface area contributed by atoms with Crippen molar-refractivity contribution < 1.29 is 9.53 Å². The van der Waals surface area contributed by atoms with E-state index in [4.69, 9.17) is 4.74 Å². The van der Waals surface area contributed by atoms with Gasteiger partial charge in [0.25, 0.3) is 0 Å². The molecule has 1 aromatic heterocycles. The lowest BCUT2D eigenvalue weighted by Crippen LogP contribution is -2.61. The number of nitrogens with zero attached hydrogens (tertiary/aromatic N) is 1. The minimum atomic E-state index is -0.0648. The fourth-order valence-electron chi connectivity index (χ4n) is 5.97. The second-order valence-electron chi connectivity index (χ2n) is 8.57. The van der Waals surface area contributed by atoms with Gasteiger partial charge in [0.05, 0.1) is 24.7 Å². The van der Waals surface area contributed by atoms with E-state index in [1.54, 1.807) is 7.11 Å². The Morgan fingerprint density at radius 2 is 1.92 bits per heavy atom. The van der Waals surface area contributed by atoms with E-state index in [-0.39, 0.29) is 11.6 Å². The zero-order chi connectivity index (χ0) is 17.7. The smallest absolute Gasteiger partial charge is 0.315 e. The van der Waals surface area contributed by atoms with Crippen LogP contribution in [0.2, 0.25) is 0 Å². The summed E-state index contributed by atoms with van der Waals surface area (Å²) < 4.78 is 5.24. The number of hydrogen-bond acceptors (Lipinski definition) is 3. The molecule has 138 valence electrons. The van der Waals surface area contributed by atoms with Gasteiger partial charge in [0.15, 0.2) is 0 Å². The van der Waals surface area contributed by atoms with Crippen LogP contribution in [-0.4, -0.2) is 28.6 Å². The van der Waals surface area contributed by atoms with Crippen molar-refractivity contribution in [2.24, 2.45) is 17.8 Å². The van der Waals surface area contributed by atoms with E-state index in [0.717, 1.165) is 59.6 Å². The molecular formula is C20H26N4O2. The standard InChI is InChI=1S/C20H26N4O2/c1-26-15-2-3-16-17(7-15)23-18(22-16)11-21-19(25)24-20-8-12-4-13(9-20)6-14(5-12)10-20/h2-3,7,12-14H,4-6,8-11H2,1H3,(H,22,23)(H2,21,24,25). The van der Waals surface area contributed by atoms with Gasteiger partial charge < -0.3 is 20.4 Å². The number of amides is 2. The lowest BCUT2D eigenvalue weighted by atomic mass is 9.53. The van der Waals surface area contributed by atoms with Gasteiger partial charge in [-0.15, -0.1) is 0 Å². The summed E-state index contributed by atoms with van der Waals surface area (Å²) in [6.45, 7) is 0.398. The van der Waals surface area contributed by atoms with Crippen LogP contribution in [0.4, 0.5) is 4.79 Å². The number of methoxy groups -OCH3 is 1. The van der Waals surface area contributed by atoms with Crippen LogP contribution in [0.5, 0.6) is 5.75 Å². The van der Waals surface area contributed by atoms with E-state index in [0.29, 0.717) is 6.54 Å². The predicted molar refractivity (Wildman–Crippen MR) is 98.9 cm³/mol. The summed E-state index contributed by atoms with van der Waals surface area (Å²) >= 11 is 0. The Kier molecular flexibility index (Phi) is 3.62. The molecule has 26 heavy (non-hydrogen) atoms. The van der Waals surface area contributed by atoms with E-state index in [1.165, 1.54) is 19.3 Å². The van der Waals surface area contributed by atoms with Gasteiger partial charge in [0, 0.05) is 11.6 Å². The number of carbonyl (C=O) groups is 1. The van der Waals surface area contributed by atoms with Crippen LogP contribution in [0.1, 0.15) is 44.3 Å². The van der Waals surface area contributed by atoms with Crippen molar-refractivity contribution in [3.8, 4) is 5.75 Å². The molecule has 0 radical (unpaired) electrons. The zero-order valence-corrected chi connectivity index (χ0v) is 15.2. The highest BCUT2D eigenvalue weighted by molar-refractivity contribution is 5.77. The minimum Gasteiger partial charge on any atom is -0.497 e. The van der Waals surface area contributed by atoms with Crippen molar-refractivity contribution in [2.75, 3.05) is 7.11 Å². The Bertz CT molecular complexity index is 808. The van der Waals surface area contributed by atoms with Gasteiger partial charge in [-0.05, 0) is 68.4 Å². The maximum absolute atomic E-state index is 12.5. The number of rotatable bonds is 4. The molecular weight excluding hydrogens is 328 g/mol. The Morgan fingerprint density at radius 3 is 2.58 bits per heavy atom. The Hall–Kier alpha value is -2.24. The molecule has 0 spiro atoms. The number of imidazole rings is 1. The van der Waals surface area contributed by atoms with E-state index >= 15 is 0 Å². The molecule has 6 nitrogen and oxygen atoms in total. The molecule has 0 atom stereocenters. The molecule has 2 aromatic rings. The number of H-pyrrole nitrogens is 1. The molecule has 6 rings (SSSR count). The van der Waals surface area contributed by atoms with E-state index in [1.807, 2.05) is 18.2 Å². The average Bonchev–Trinajstić information content (AvgIpc) is 3.00. The lowest BCUT2D eigenvalue weighted by Gasteiger charge is -2.56. The molecule has 1 aromatic carbocycles. The number of urea groups is 1. The minimum absolute atomic E-state index is 0.0417. The molecule has 4 aliphatic rings. The molecule has 0 unspecified atom stereocenters. The molecule has 0 saturated heterocycles. The van der Waals surface area contributed by atoms with Gasteiger partial charge in [-0.25, -0.2) is 9.78 Å². The molecule has 2 amide bonds. The van der Waals surface area contributed by atoms with Crippen LogP contribution in [0.25, 0.3) is 11.0 Å². The molecule has 4 saturated carbocycles. The molecule has 4 fully saturated rings. The number of fused-ring (bicyclic) bond motifs is 1. The molecule has 1 heterocycles. The van der Waals surface area contributed by atoms with Crippen molar-refractivity contribution in [3.63, 3.8) is 0 Å².